The fourth-order valence-corrected chi connectivity index (χ4v) is 5.48. The standard InChI is InChI=1S/C17H23N3O2/c1-20-4-2-3-13(20)15(21)19-14-11-5-10-6-12(14)9-17(7-10,8-11)16(18)22/h2-4,10-12,14H,5-9H2,1H3,(H2,18,22)(H,19,21). The SMILES string of the molecule is Cn1cccc1C(=O)NC1C2CC3CC1CC(C(N)=O)(C3)C2. The largest absolute Gasteiger partial charge is 0.369 e. The van der Waals surface area contributed by atoms with Crippen molar-refractivity contribution in [1.29, 1.82) is 0 Å². The maximum atomic E-state index is 12.5. The van der Waals surface area contributed by atoms with Crippen LogP contribution in [0.1, 0.15) is 42.6 Å². The molecule has 22 heavy (non-hydrogen) atoms. The van der Waals surface area contributed by atoms with Gasteiger partial charge in [0.05, 0.1) is 0 Å². The van der Waals surface area contributed by atoms with E-state index in [0.717, 1.165) is 32.1 Å². The number of hydrogen-bond acceptors (Lipinski definition) is 2. The highest BCUT2D eigenvalue weighted by Crippen LogP contribution is 2.59. The first-order valence-corrected chi connectivity index (χ1v) is 8.21. The molecule has 2 atom stereocenters. The molecule has 3 N–H and O–H groups in total. The fourth-order valence-electron chi connectivity index (χ4n) is 5.48. The van der Waals surface area contributed by atoms with Crippen LogP contribution in [0.25, 0.3) is 0 Å². The Morgan fingerprint density at radius 1 is 1.27 bits per heavy atom. The summed E-state index contributed by atoms with van der Waals surface area (Å²) < 4.78 is 1.84. The van der Waals surface area contributed by atoms with Gasteiger partial charge < -0.3 is 15.6 Å². The van der Waals surface area contributed by atoms with Crippen LogP contribution in [-0.4, -0.2) is 22.4 Å². The molecule has 0 spiro atoms. The summed E-state index contributed by atoms with van der Waals surface area (Å²) in [5.74, 6) is 1.30. The summed E-state index contributed by atoms with van der Waals surface area (Å²) >= 11 is 0. The maximum absolute atomic E-state index is 12.5. The fraction of sp³-hybridized carbons (Fsp3) is 0.647. The summed E-state index contributed by atoms with van der Waals surface area (Å²) in [7, 11) is 1.88. The minimum absolute atomic E-state index is 0.00176. The van der Waals surface area contributed by atoms with Crippen molar-refractivity contribution >= 4 is 11.8 Å². The second-order valence-electron chi connectivity index (χ2n) is 7.62. The number of nitrogens with zero attached hydrogens (tertiary/aromatic N) is 1. The maximum Gasteiger partial charge on any atom is 0.268 e. The molecule has 2 amide bonds. The van der Waals surface area contributed by atoms with Gasteiger partial charge in [-0.25, -0.2) is 0 Å². The monoisotopic (exact) mass is 301 g/mol. The Labute approximate surface area is 130 Å². The molecule has 0 radical (unpaired) electrons. The average Bonchev–Trinajstić information content (AvgIpc) is 2.88. The molecular weight excluding hydrogens is 278 g/mol. The zero-order valence-electron chi connectivity index (χ0n) is 12.9. The van der Waals surface area contributed by atoms with Gasteiger partial charge in [-0.3, -0.25) is 9.59 Å². The van der Waals surface area contributed by atoms with Gasteiger partial charge in [0.2, 0.25) is 5.91 Å². The topological polar surface area (TPSA) is 77.1 Å². The molecule has 5 heteroatoms. The van der Waals surface area contributed by atoms with Crippen LogP contribution in [0, 0.1) is 23.2 Å². The van der Waals surface area contributed by atoms with Gasteiger partial charge in [-0.2, -0.15) is 0 Å². The van der Waals surface area contributed by atoms with E-state index in [0.29, 0.717) is 23.4 Å². The summed E-state index contributed by atoms with van der Waals surface area (Å²) in [5, 5.41) is 3.25. The Morgan fingerprint density at radius 3 is 2.50 bits per heavy atom. The first-order valence-electron chi connectivity index (χ1n) is 8.21. The van der Waals surface area contributed by atoms with Crippen molar-refractivity contribution in [3.8, 4) is 0 Å². The van der Waals surface area contributed by atoms with E-state index in [4.69, 9.17) is 5.73 Å². The van der Waals surface area contributed by atoms with Crippen molar-refractivity contribution < 1.29 is 9.59 Å². The minimum atomic E-state index is -0.289. The molecule has 1 aromatic rings. The van der Waals surface area contributed by atoms with Gasteiger partial charge in [0.15, 0.2) is 0 Å². The average molecular weight is 301 g/mol. The summed E-state index contributed by atoms with van der Waals surface area (Å²) in [6.07, 6.45) is 6.82. The predicted octanol–water partition coefficient (Wildman–Crippen LogP) is 1.44. The summed E-state index contributed by atoms with van der Waals surface area (Å²) in [6.45, 7) is 0. The predicted molar refractivity (Wildman–Crippen MR) is 81.8 cm³/mol. The third kappa shape index (κ3) is 1.91. The van der Waals surface area contributed by atoms with E-state index in [1.54, 1.807) is 0 Å². The number of hydrogen-bond donors (Lipinski definition) is 2. The van der Waals surface area contributed by atoms with Crippen LogP contribution in [0.5, 0.6) is 0 Å². The van der Waals surface area contributed by atoms with Crippen molar-refractivity contribution in [3.05, 3.63) is 24.0 Å². The Bertz CT molecular complexity index is 620. The van der Waals surface area contributed by atoms with Crippen molar-refractivity contribution in [2.45, 2.75) is 38.1 Å². The number of rotatable bonds is 3. The summed E-state index contributed by atoms with van der Waals surface area (Å²) in [4.78, 5) is 24.5. The lowest BCUT2D eigenvalue weighted by Crippen LogP contribution is -2.62. The normalized spacial score (nSPS) is 39.0. The van der Waals surface area contributed by atoms with Crippen molar-refractivity contribution in [3.63, 3.8) is 0 Å². The van der Waals surface area contributed by atoms with Crippen LogP contribution in [0.4, 0.5) is 0 Å². The van der Waals surface area contributed by atoms with Gasteiger partial charge >= 0.3 is 0 Å². The van der Waals surface area contributed by atoms with E-state index in [1.165, 1.54) is 0 Å². The lowest BCUT2D eigenvalue weighted by molar-refractivity contribution is -0.145. The number of carbonyl (C=O) groups is 2. The van der Waals surface area contributed by atoms with Crippen molar-refractivity contribution in [2.24, 2.45) is 36.0 Å². The molecular formula is C17H23N3O2. The second kappa shape index (κ2) is 4.61. The number of nitrogens with two attached hydrogens (primary N) is 1. The molecule has 5 nitrogen and oxygen atoms in total. The van der Waals surface area contributed by atoms with Gasteiger partial charge in [-0.15, -0.1) is 0 Å². The third-order valence-electron chi connectivity index (χ3n) is 6.27. The van der Waals surface area contributed by atoms with E-state index < -0.39 is 0 Å². The molecule has 5 rings (SSSR count). The third-order valence-corrected chi connectivity index (χ3v) is 6.27. The first-order chi connectivity index (χ1) is 10.5. The van der Waals surface area contributed by atoms with Gasteiger partial charge in [0, 0.05) is 24.7 Å². The summed E-state index contributed by atoms with van der Waals surface area (Å²) in [6, 6.07) is 3.93. The Hall–Kier alpha value is -1.78. The smallest absolute Gasteiger partial charge is 0.268 e. The van der Waals surface area contributed by atoms with Gasteiger partial charge in [-0.1, -0.05) is 0 Å². The van der Waals surface area contributed by atoms with Gasteiger partial charge in [0.25, 0.3) is 5.91 Å². The van der Waals surface area contributed by atoms with Crippen LogP contribution in [0.2, 0.25) is 0 Å². The number of amides is 2. The number of primary amides is 1. The molecule has 4 aliphatic rings. The van der Waals surface area contributed by atoms with E-state index in [-0.39, 0.29) is 23.3 Å². The van der Waals surface area contributed by atoms with E-state index in [9.17, 15) is 9.59 Å². The van der Waals surface area contributed by atoms with Crippen molar-refractivity contribution in [1.82, 2.24) is 9.88 Å². The number of aromatic nitrogens is 1. The number of aryl methyl sites for hydroxylation is 1. The molecule has 0 aliphatic heterocycles. The molecule has 4 saturated carbocycles. The van der Waals surface area contributed by atoms with Gasteiger partial charge in [-0.05, 0) is 62.0 Å². The van der Waals surface area contributed by atoms with E-state index in [1.807, 2.05) is 29.9 Å². The van der Waals surface area contributed by atoms with E-state index >= 15 is 0 Å². The highest BCUT2D eigenvalue weighted by atomic mass is 16.2. The highest BCUT2D eigenvalue weighted by Gasteiger charge is 2.58. The number of nitrogens with one attached hydrogen (secondary N) is 1. The molecule has 4 aliphatic carbocycles. The zero-order valence-corrected chi connectivity index (χ0v) is 12.9. The lowest BCUT2D eigenvalue weighted by Gasteiger charge is -2.58. The molecule has 1 aromatic heterocycles. The van der Waals surface area contributed by atoms with Crippen LogP contribution >= 0.6 is 0 Å². The molecule has 4 fully saturated rings. The highest BCUT2D eigenvalue weighted by molar-refractivity contribution is 5.93. The molecule has 4 bridgehead atoms. The quantitative estimate of drug-likeness (QED) is 0.886. The number of carbonyl (C=O) groups excluding carboxylic acids is 2. The molecule has 0 saturated heterocycles. The molecule has 0 aromatic carbocycles. The van der Waals surface area contributed by atoms with Crippen molar-refractivity contribution in [2.75, 3.05) is 0 Å². The van der Waals surface area contributed by atoms with E-state index in [2.05, 4.69) is 5.32 Å². The Kier molecular flexibility index (Phi) is 2.90. The minimum Gasteiger partial charge on any atom is -0.369 e. The first kappa shape index (κ1) is 13.9. The van der Waals surface area contributed by atoms with Crippen LogP contribution in [-0.2, 0) is 11.8 Å². The lowest BCUT2D eigenvalue weighted by atomic mass is 9.47. The zero-order chi connectivity index (χ0) is 15.5. The van der Waals surface area contributed by atoms with Gasteiger partial charge in [0.1, 0.15) is 5.69 Å². The van der Waals surface area contributed by atoms with Crippen LogP contribution in [0.3, 0.4) is 0 Å². The molecule has 2 unspecified atom stereocenters. The Balaban J connectivity index is 1.55. The molecule has 1 heterocycles. The summed E-state index contributed by atoms with van der Waals surface area (Å²) in [5.41, 5.74) is 6.11. The Morgan fingerprint density at radius 2 is 1.95 bits per heavy atom. The van der Waals surface area contributed by atoms with Crippen LogP contribution in [0.15, 0.2) is 18.3 Å². The second-order valence-corrected chi connectivity index (χ2v) is 7.62. The molecule has 118 valence electrons. The van der Waals surface area contributed by atoms with Crippen LogP contribution < -0.4 is 11.1 Å².